The zero-order valence-corrected chi connectivity index (χ0v) is 18.5. The average molecular weight is 411 g/mol. The van der Waals surface area contributed by atoms with Crippen LogP contribution in [-0.2, 0) is 6.42 Å². The van der Waals surface area contributed by atoms with Crippen molar-refractivity contribution < 1.29 is 4.79 Å². The minimum atomic E-state index is -0.117. The van der Waals surface area contributed by atoms with E-state index in [1.54, 1.807) is 6.20 Å². The van der Waals surface area contributed by atoms with Gasteiger partial charge in [-0.3, -0.25) is 0 Å². The summed E-state index contributed by atoms with van der Waals surface area (Å²) in [5.41, 5.74) is 3.19. The average Bonchev–Trinajstić information content (AvgIpc) is 2.75. The predicted molar refractivity (Wildman–Crippen MR) is 123 cm³/mol. The highest BCUT2D eigenvalue weighted by Crippen LogP contribution is 2.26. The number of nitrogens with one attached hydrogen (secondary N) is 3. The smallest absolute Gasteiger partial charge is 0.319 e. The van der Waals surface area contributed by atoms with E-state index in [4.69, 9.17) is 0 Å². The highest BCUT2D eigenvalue weighted by Gasteiger charge is 2.22. The molecule has 1 saturated carbocycles. The fourth-order valence-electron chi connectivity index (χ4n) is 3.96. The molecule has 2 aromatic rings. The molecule has 0 aliphatic heterocycles. The van der Waals surface area contributed by atoms with Crippen molar-refractivity contribution in [1.29, 1.82) is 0 Å². The Morgan fingerprint density at radius 2 is 1.93 bits per heavy atom. The van der Waals surface area contributed by atoms with Crippen LogP contribution in [0.4, 0.5) is 22.2 Å². The Balaban J connectivity index is 1.43. The Kier molecular flexibility index (Phi) is 7.49. The van der Waals surface area contributed by atoms with Gasteiger partial charge in [0, 0.05) is 38.6 Å². The summed E-state index contributed by atoms with van der Waals surface area (Å²) in [6.07, 6.45) is 6.96. The number of carbonyl (C=O) groups is 1. The van der Waals surface area contributed by atoms with Crippen LogP contribution in [0.25, 0.3) is 0 Å². The second-order valence-electron chi connectivity index (χ2n) is 8.29. The van der Waals surface area contributed by atoms with Gasteiger partial charge in [-0.2, -0.15) is 4.98 Å². The third kappa shape index (κ3) is 5.84. The molecule has 162 valence electrons. The van der Waals surface area contributed by atoms with Gasteiger partial charge >= 0.3 is 6.03 Å². The third-order valence-electron chi connectivity index (χ3n) is 5.81. The number of nitrogens with zero attached hydrogens (tertiary/aromatic N) is 3. The van der Waals surface area contributed by atoms with Crippen molar-refractivity contribution >= 4 is 23.5 Å². The number of amides is 2. The number of rotatable bonds is 7. The lowest BCUT2D eigenvalue weighted by molar-refractivity contribution is 0.246. The summed E-state index contributed by atoms with van der Waals surface area (Å²) in [4.78, 5) is 23.3. The van der Waals surface area contributed by atoms with E-state index in [9.17, 15) is 4.79 Å². The van der Waals surface area contributed by atoms with Crippen molar-refractivity contribution in [3.05, 3.63) is 41.6 Å². The summed E-state index contributed by atoms with van der Waals surface area (Å²) in [6, 6.07) is 8.29. The van der Waals surface area contributed by atoms with Crippen molar-refractivity contribution in [2.75, 3.05) is 36.2 Å². The number of hydrogen-bond donors (Lipinski definition) is 3. The standard InChI is InChI=1S/C23H34N6O/c1-5-18-8-6-7-16(2)21(18)28-23(30)25-15-17-9-11-19(12-10-17)26-22-24-14-13-20(27-22)29(3)4/h6-8,13-14,17,19H,5,9-12,15H2,1-4H3,(H,24,26,27)(H2,25,28,30)/t17-,19+. The van der Waals surface area contributed by atoms with Crippen LogP contribution < -0.4 is 20.9 Å². The van der Waals surface area contributed by atoms with E-state index in [0.29, 0.717) is 24.5 Å². The molecule has 1 aliphatic carbocycles. The van der Waals surface area contributed by atoms with Crippen LogP contribution in [0.2, 0.25) is 0 Å². The van der Waals surface area contributed by atoms with E-state index in [1.165, 1.54) is 0 Å². The normalized spacial score (nSPS) is 18.5. The molecule has 3 rings (SSSR count). The van der Waals surface area contributed by atoms with Crippen molar-refractivity contribution in [3.8, 4) is 0 Å². The van der Waals surface area contributed by atoms with Crippen LogP contribution in [0.1, 0.15) is 43.7 Å². The quantitative estimate of drug-likeness (QED) is 0.637. The number of carbonyl (C=O) groups excluding carboxylic acids is 1. The maximum Gasteiger partial charge on any atom is 0.319 e. The first kappa shape index (κ1) is 21.9. The number of benzene rings is 1. The summed E-state index contributed by atoms with van der Waals surface area (Å²) in [7, 11) is 3.95. The van der Waals surface area contributed by atoms with Gasteiger partial charge in [0.25, 0.3) is 0 Å². The van der Waals surface area contributed by atoms with Gasteiger partial charge in [-0.1, -0.05) is 25.1 Å². The van der Waals surface area contributed by atoms with Gasteiger partial charge < -0.3 is 20.9 Å². The van der Waals surface area contributed by atoms with Gasteiger partial charge in [0.1, 0.15) is 5.82 Å². The molecule has 1 heterocycles. The first-order valence-electron chi connectivity index (χ1n) is 10.9. The second-order valence-corrected chi connectivity index (χ2v) is 8.29. The van der Waals surface area contributed by atoms with Crippen molar-refractivity contribution in [2.24, 2.45) is 5.92 Å². The zero-order valence-electron chi connectivity index (χ0n) is 18.5. The zero-order chi connectivity index (χ0) is 21.5. The van der Waals surface area contributed by atoms with E-state index >= 15 is 0 Å². The molecular weight excluding hydrogens is 376 g/mol. The molecule has 2 amide bonds. The van der Waals surface area contributed by atoms with Crippen molar-refractivity contribution in [1.82, 2.24) is 15.3 Å². The Bertz CT molecular complexity index is 845. The summed E-state index contributed by atoms with van der Waals surface area (Å²) in [6.45, 7) is 4.84. The second kappa shape index (κ2) is 10.3. The number of hydrogen-bond acceptors (Lipinski definition) is 5. The summed E-state index contributed by atoms with van der Waals surface area (Å²) >= 11 is 0. The Hall–Kier alpha value is -2.83. The van der Waals surface area contributed by atoms with Gasteiger partial charge in [0.2, 0.25) is 5.95 Å². The molecular formula is C23H34N6O. The fraction of sp³-hybridized carbons (Fsp3) is 0.522. The minimum absolute atomic E-state index is 0.117. The number of aryl methyl sites for hydroxylation is 2. The van der Waals surface area contributed by atoms with Crippen LogP contribution in [0.15, 0.2) is 30.5 Å². The Morgan fingerprint density at radius 3 is 2.63 bits per heavy atom. The van der Waals surface area contributed by atoms with Crippen LogP contribution in [0.3, 0.4) is 0 Å². The van der Waals surface area contributed by atoms with Crippen LogP contribution in [0, 0.1) is 12.8 Å². The predicted octanol–water partition coefficient (Wildman–Crippen LogP) is 4.21. The number of urea groups is 1. The maximum absolute atomic E-state index is 12.4. The lowest BCUT2D eigenvalue weighted by Crippen LogP contribution is -2.36. The van der Waals surface area contributed by atoms with Gasteiger partial charge in [0.15, 0.2) is 0 Å². The number of anilines is 3. The summed E-state index contributed by atoms with van der Waals surface area (Å²) < 4.78 is 0. The first-order valence-corrected chi connectivity index (χ1v) is 10.9. The molecule has 0 spiro atoms. The molecule has 30 heavy (non-hydrogen) atoms. The van der Waals surface area contributed by atoms with Gasteiger partial charge in [-0.05, 0) is 62.1 Å². The van der Waals surface area contributed by atoms with Gasteiger partial charge in [0.05, 0.1) is 0 Å². The topological polar surface area (TPSA) is 82.2 Å². The molecule has 7 nitrogen and oxygen atoms in total. The monoisotopic (exact) mass is 410 g/mol. The molecule has 0 unspecified atom stereocenters. The highest BCUT2D eigenvalue weighted by atomic mass is 16.2. The van der Waals surface area contributed by atoms with E-state index in [1.807, 2.05) is 44.1 Å². The molecule has 1 aromatic carbocycles. The van der Waals surface area contributed by atoms with Crippen LogP contribution in [-0.4, -0.2) is 42.7 Å². The minimum Gasteiger partial charge on any atom is -0.363 e. The lowest BCUT2D eigenvalue weighted by atomic mass is 9.86. The first-order chi connectivity index (χ1) is 14.5. The largest absolute Gasteiger partial charge is 0.363 e. The Labute approximate surface area is 179 Å². The van der Waals surface area contributed by atoms with E-state index in [-0.39, 0.29) is 6.03 Å². The summed E-state index contributed by atoms with van der Waals surface area (Å²) in [5, 5.41) is 9.57. The summed E-state index contributed by atoms with van der Waals surface area (Å²) in [5.74, 6) is 2.09. The van der Waals surface area contributed by atoms with Gasteiger partial charge in [-0.15, -0.1) is 0 Å². The van der Waals surface area contributed by atoms with Crippen LogP contribution >= 0.6 is 0 Å². The van der Waals surface area contributed by atoms with Crippen molar-refractivity contribution in [3.63, 3.8) is 0 Å². The molecule has 1 aromatic heterocycles. The van der Waals surface area contributed by atoms with Gasteiger partial charge in [-0.25, -0.2) is 9.78 Å². The number of para-hydroxylation sites is 1. The molecule has 3 N–H and O–H groups in total. The number of aromatic nitrogens is 2. The molecule has 0 saturated heterocycles. The molecule has 0 bridgehead atoms. The highest BCUT2D eigenvalue weighted by molar-refractivity contribution is 5.91. The maximum atomic E-state index is 12.4. The SMILES string of the molecule is CCc1cccc(C)c1NC(=O)NC[C@H]1CC[C@@H](Nc2nccc(N(C)C)n2)CC1. The molecule has 0 radical (unpaired) electrons. The van der Waals surface area contributed by atoms with Crippen LogP contribution in [0.5, 0.6) is 0 Å². The Morgan fingerprint density at radius 1 is 1.17 bits per heavy atom. The molecule has 0 atom stereocenters. The molecule has 7 heteroatoms. The lowest BCUT2D eigenvalue weighted by Gasteiger charge is -2.29. The third-order valence-corrected chi connectivity index (χ3v) is 5.81. The van der Waals surface area contributed by atoms with E-state index in [2.05, 4.69) is 38.9 Å². The molecule has 1 aliphatic rings. The van der Waals surface area contributed by atoms with Crippen molar-refractivity contribution in [2.45, 2.75) is 52.0 Å². The van der Waals surface area contributed by atoms with E-state index in [0.717, 1.165) is 54.7 Å². The molecule has 1 fully saturated rings. The fourth-order valence-corrected chi connectivity index (χ4v) is 3.96. The van der Waals surface area contributed by atoms with E-state index < -0.39 is 0 Å².